The topological polar surface area (TPSA) is 12.4 Å². The predicted octanol–water partition coefficient (Wildman–Crippen LogP) is 2.04. The zero-order valence-corrected chi connectivity index (χ0v) is 6.54. The molecule has 2 atom stereocenters. The molecule has 54 valence electrons. The first-order valence-corrected chi connectivity index (χ1v) is 3.92. The molecule has 1 heteroatoms. The first-order chi connectivity index (χ1) is 4.67. The lowest BCUT2D eigenvalue weighted by Crippen LogP contribution is -2.11. The van der Waals surface area contributed by atoms with E-state index in [1.54, 1.807) is 0 Å². The second-order valence-corrected chi connectivity index (χ2v) is 3.85. The lowest BCUT2D eigenvalue weighted by molar-refractivity contribution is 0.659. The average molecular weight is 135 g/mol. The summed E-state index contributed by atoms with van der Waals surface area (Å²) < 4.78 is 0. The van der Waals surface area contributed by atoms with Gasteiger partial charge in [-0.1, -0.05) is 12.2 Å². The van der Waals surface area contributed by atoms with Crippen molar-refractivity contribution in [2.24, 2.45) is 16.8 Å². The fourth-order valence-corrected chi connectivity index (χ4v) is 1.32. The largest absolute Gasteiger partial charge is 0.287 e. The molecule has 1 aliphatic heterocycles. The molecule has 0 spiro atoms. The summed E-state index contributed by atoms with van der Waals surface area (Å²) in [5.74, 6) is 1.60. The van der Waals surface area contributed by atoms with Gasteiger partial charge in [0.25, 0.3) is 0 Å². The molecule has 1 saturated carbocycles. The van der Waals surface area contributed by atoms with Crippen LogP contribution in [0.5, 0.6) is 0 Å². The second-order valence-electron chi connectivity index (χ2n) is 3.85. The number of rotatable bonds is 0. The minimum Gasteiger partial charge on any atom is -0.287 e. The van der Waals surface area contributed by atoms with Crippen LogP contribution in [0, 0.1) is 11.8 Å². The molecule has 1 nitrogen and oxygen atoms in total. The van der Waals surface area contributed by atoms with Gasteiger partial charge in [-0.25, -0.2) is 0 Å². The van der Waals surface area contributed by atoms with Gasteiger partial charge in [0.2, 0.25) is 0 Å². The van der Waals surface area contributed by atoms with Gasteiger partial charge in [0.15, 0.2) is 0 Å². The average Bonchev–Trinajstić information content (AvgIpc) is 2.56. The van der Waals surface area contributed by atoms with Crippen LogP contribution in [0.2, 0.25) is 0 Å². The van der Waals surface area contributed by atoms with Gasteiger partial charge in [0, 0.05) is 12.1 Å². The number of aliphatic imine (C=N–C) groups is 1. The highest BCUT2D eigenvalue weighted by Gasteiger charge is 2.35. The number of fused-ring (bicyclic) bond motifs is 1. The summed E-state index contributed by atoms with van der Waals surface area (Å²) in [4.78, 5) is 4.47. The lowest BCUT2D eigenvalue weighted by atomic mass is 10.1. The van der Waals surface area contributed by atoms with Gasteiger partial charge in [-0.2, -0.15) is 0 Å². The van der Waals surface area contributed by atoms with Gasteiger partial charge in [-0.15, -0.1) is 0 Å². The Labute approximate surface area is 61.9 Å². The normalized spacial score (nSPS) is 40.6. The fraction of sp³-hybridized carbons (Fsp3) is 0.667. The third kappa shape index (κ3) is 1.00. The van der Waals surface area contributed by atoms with Crippen molar-refractivity contribution in [2.75, 3.05) is 0 Å². The van der Waals surface area contributed by atoms with Crippen molar-refractivity contribution in [3.63, 3.8) is 0 Å². The maximum Gasteiger partial charge on any atom is 0.0727 e. The number of hydrogen-bond acceptors (Lipinski definition) is 1. The van der Waals surface area contributed by atoms with E-state index in [1.165, 1.54) is 6.42 Å². The fourth-order valence-electron chi connectivity index (χ4n) is 1.32. The molecule has 0 aromatic carbocycles. The van der Waals surface area contributed by atoms with Crippen molar-refractivity contribution in [2.45, 2.75) is 25.8 Å². The summed E-state index contributed by atoms with van der Waals surface area (Å²) in [5, 5.41) is 0. The maximum absolute atomic E-state index is 4.47. The molecule has 2 unspecified atom stereocenters. The van der Waals surface area contributed by atoms with Gasteiger partial charge >= 0.3 is 0 Å². The number of nitrogens with zero attached hydrogens (tertiary/aromatic N) is 1. The molecule has 0 aromatic heterocycles. The Morgan fingerprint density at radius 2 is 2.20 bits per heavy atom. The third-order valence-corrected chi connectivity index (χ3v) is 2.24. The number of allylic oxidation sites excluding steroid dienone is 1. The van der Waals surface area contributed by atoms with Gasteiger partial charge < -0.3 is 0 Å². The van der Waals surface area contributed by atoms with Crippen molar-refractivity contribution in [3.05, 3.63) is 12.2 Å². The first-order valence-electron chi connectivity index (χ1n) is 3.92. The van der Waals surface area contributed by atoms with Crippen LogP contribution in [0.3, 0.4) is 0 Å². The molecule has 2 rings (SSSR count). The van der Waals surface area contributed by atoms with Gasteiger partial charge in [-0.3, -0.25) is 4.99 Å². The summed E-state index contributed by atoms with van der Waals surface area (Å²) in [7, 11) is 0. The first kappa shape index (κ1) is 6.14. The second kappa shape index (κ2) is 1.71. The van der Waals surface area contributed by atoms with Crippen LogP contribution in [-0.2, 0) is 0 Å². The van der Waals surface area contributed by atoms with E-state index in [9.17, 15) is 0 Å². The standard InChI is InChI=1S/C9H13N/c1-9(2)4-3-7-5-8(7)6-10-9/h3-4,6-8H,5H2,1-2H3. The Hall–Kier alpha value is -0.590. The minimum atomic E-state index is 0.0629. The van der Waals surface area contributed by atoms with Crippen LogP contribution in [0.25, 0.3) is 0 Å². The van der Waals surface area contributed by atoms with Gasteiger partial charge in [0.1, 0.15) is 0 Å². The SMILES string of the molecule is CC1(C)C=CC2CC2C=N1. The highest BCUT2D eigenvalue weighted by atomic mass is 14.8. The van der Waals surface area contributed by atoms with Crippen LogP contribution in [0.15, 0.2) is 17.1 Å². The van der Waals surface area contributed by atoms with E-state index in [1.807, 2.05) is 0 Å². The summed E-state index contributed by atoms with van der Waals surface area (Å²) in [6.07, 6.45) is 8.00. The van der Waals surface area contributed by atoms with E-state index < -0.39 is 0 Å². The maximum atomic E-state index is 4.47. The van der Waals surface area contributed by atoms with Crippen molar-refractivity contribution in [1.29, 1.82) is 0 Å². The summed E-state index contributed by atoms with van der Waals surface area (Å²) in [5.41, 5.74) is 0.0629. The number of hydrogen-bond donors (Lipinski definition) is 0. The Balaban J connectivity index is 2.23. The van der Waals surface area contributed by atoms with E-state index >= 15 is 0 Å². The van der Waals surface area contributed by atoms with Crippen molar-refractivity contribution in [3.8, 4) is 0 Å². The zero-order valence-electron chi connectivity index (χ0n) is 6.54. The van der Waals surface area contributed by atoms with Crippen molar-refractivity contribution < 1.29 is 0 Å². The summed E-state index contributed by atoms with van der Waals surface area (Å²) >= 11 is 0. The molecule has 1 heterocycles. The Morgan fingerprint density at radius 1 is 1.40 bits per heavy atom. The van der Waals surface area contributed by atoms with Crippen molar-refractivity contribution in [1.82, 2.24) is 0 Å². The van der Waals surface area contributed by atoms with E-state index in [0.717, 1.165) is 11.8 Å². The minimum absolute atomic E-state index is 0.0629. The Kier molecular flexibility index (Phi) is 1.05. The molecule has 2 aliphatic rings. The monoisotopic (exact) mass is 135 g/mol. The quantitative estimate of drug-likeness (QED) is 0.451. The highest BCUT2D eigenvalue weighted by Crippen LogP contribution is 2.40. The smallest absolute Gasteiger partial charge is 0.0727 e. The zero-order chi connectivity index (χ0) is 7.19. The van der Waals surface area contributed by atoms with Crippen LogP contribution in [0.4, 0.5) is 0 Å². The van der Waals surface area contributed by atoms with Gasteiger partial charge in [-0.05, 0) is 26.2 Å². The van der Waals surface area contributed by atoms with Crippen LogP contribution >= 0.6 is 0 Å². The van der Waals surface area contributed by atoms with Crippen LogP contribution < -0.4 is 0 Å². The van der Waals surface area contributed by atoms with Crippen molar-refractivity contribution >= 4 is 6.21 Å². The van der Waals surface area contributed by atoms with Crippen LogP contribution in [0.1, 0.15) is 20.3 Å². The van der Waals surface area contributed by atoms with E-state index in [0.29, 0.717) is 0 Å². The van der Waals surface area contributed by atoms with E-state index in [2.05, 4.69) is 37.2 Å². The third-order valence-electron chi connectivity index (χ3n) is 2.24. The Bertz CT molecular complexity index is 181. The summed E-state index contributed by atoms with van der Waals surface area (Å²) in [6.45, 7) is 4.29. The van der Waals surface area contributed by atoms with Crippen LogP contribution in [-0.4, -0.2) is 11.8 Å². The van der Waals surface area contributed by atoms with Gasteiger partial charge in [0.05, 0.1) is 5.54 Å². The summed E-state index contributed by atoms with van der Waals surface area (Å²) in [6, 6.07) is 0. The molecule has 1 aliphatic carbocycles. The highest BCUT2D eigenvalue weighted by molar-refractivity contribution is 5.67. The lowest BCUT2D eigenvalue weighted by Gasteiger charge is -2.12. The molecule has 1 fully saturated rings. The molecular weight excluding hydrogens is 122 g/mol. The predicted molar refractivity (Wildman–Crippen MR) is 43.3 cm³/mol. The molecular formula is C9H13N. The van der Waals surface area contributed by atoms with E-state index in [4.69, 9.17) is 0 Å². The molecule has 0 saturated heterocycles. The Morgan fingerprint density at radius 3 is 3.00 bits per heavy atom. The molecule has 0 N–H and O–H groups in total. The molecule has 0 aromatic rings. The molecule has 0 amide bonds. The molecule has 10 heavy (non-hydrogen) atoms. The van der Waals surface area contributed by atoms with E-state index in [-0.39, 0.29) is 5.54 Å². The molecule has 0 bridgehead atoms. The molecule has 0 radical (unpaired) electrons.